The van der Waals surface area contributed by atoms with Gasteiger partial charge in [-0.25, -0.2) is 0 Å². The van der Waals surface area contributed by atoms with Crippen molar-refractivity contribution in [2.75, 3.05) is 33.9 Å². The lowest BCUT2D eigenvalue weighted by Crippen LogP contribution is -2.39. The summed E-state index contributed by atoms with van der Waals surface area (Å²) in [5, 5.41) is 6.07. The Bertz CT molecular complexity index is 649. The fraction of sp³-hybridized carbons (Fsp3) is 0.556. The zero-order valence-electron chi connectivity index (χ0n) is 14.7. The third-order valence-electron chi connectivity index (χ3n) is 4.86. The lowest BCUT2D eigenvalue weighted by molar-refractivity contribution is -0.122. The van der Waals surface area contributed by atoms with E-state index in [9.17, 15) is 9.59 Å². The van der Waals surface area contributed by atoms with Crippen LogP contribution in [0.25, 0.3) is 0 Å². The Hall–Kier alpha value is -2.28. The number of hydrogen-bond acceptors (Lipinski definition) is 5. The third-order valence-corrected chi connectivity index (χ3v) is 4.86. The molecule has 2 unspecified atom stereocenters. The number of rotatable bonds is 5. The quantitative estimate of drug-likeness (QED) is 0.823. The lowest BCUT2D eigenvalue weighted by Gasteiger charge is -2.24. The highest BCUT2D eigenvalue weighted by atomic mass is 16.5. The number of carbonyl (C=O) groups is 2. The van der Waals surface area contributed by atoms with Gasteiger partial charge in [-0.15, -0.1) is 0 Å². The molecule has 0 aromatic heterocycles. The Morgan fingerprint density at radius 2 is 2.04 bits per heavy atom. The van der Waals surface area contributed by atoms with Crippen LogP contribution >= 0.6 is 0 Å². The molecule has 25 heavy (non-hydrogen) atoms. The highest BCUT2D eigenvalue weighted by Gasteiger charge is 2.31. The third kappa shape index (κ3) is 4.04. The van der Waals surface area contributed by atoms with E-state index in [1.54, 1.807) is 25.2 Å². The highest BCUT2D eigenvalue weighted by Crippen LogP contribution is 2.29. The Balaban J connectivity index is 1.71. The Morgan fingerprint density at radius 1 is 1.24 bits per heavy atom. The van der Waals surface area contributed by atoms with Crippen LogP contribution < -0.4 is 20.1 Å². The fourth-order valence-corrected chi connectivity index (χ4v) is 3.45. The van der Waals surface area contributed by atoms with Crippen molar-refractivity contribution in [1.82, 2.24) is 15.5 Å². The molecule has 0 radical (unpaired) electrons. The summed E-state index contributed by atoms with van der Waals surface area (Å²) in [5.74, 6) is 0.670. The predicted octanol–water partition coefficient (Wildman–Crippen LogP) is 0.787. The van der Waals surface area contributed by atoms with Crippen molar-refractivity contribution in [3.8, 4) is 11.5 Å². The van der Waals surface area contributed by atoms with Crippen LogP contribution in [0.5, 0.6) is 11.5 Å². The summed E-state index contributed by atoms with van der Waals surface area (Å²) in [4.78, 5) is 26.1. The molecule has 1 aromatic carbocycles. The van der Waals surface area contributed by atoms with E-state index in [1.807, 2.05) is 4.90 Å². The van der Waals surface area contributed by atoms with Crippen molar-refractivity contribution in [2.45, 2.75) is 31.3 Å². The number of carbonyl (C=O) groups excluding carboxylic acids is 2. The Labute approximate surface area is 147 Å². The molecule has 2 N–H and O–H groups in total. The van der Waals surface area contributed by atoms with Gasteiger partial charge < -0.3 is 25.0 Å². The minimum absolute atomic E-state index is 0.00509. The van der Waals surface area contributed by atoms with Gasteiger partial charge in [0.15, 0.2) is 18.1 Å². The van der Waals surface area contributed by atoms with Crippen molar-refractivity contribution < 1.29 is 19.1 Å². The maximum absolute atomic E-state index is 12.9. The second kappa shape index (κ2) is 7.74. The van der Waals surface area contributed by atoms with E-state index in [0.29, 0.717) is 29.1 Å². The van der Waals surface area contributed by atoms with Gasteiger partial charge in [0.05, 0.1) is 7.11 Å². The van der Waals surface area contributed by atoms with E-state index in [-0.39, 0.29) is 18.4 Å². The molecule has 0 spiro atoms. The van der Waals surface area contributed by atoms with Crippen LogP contribution in [-0.2, 0) is 4.79 Å². The van der Waals surface area contributed by atoms with Crippen LogP contribution in [0.3, 0.4) is 0 Å². The summed E-state index contributed by atoms with van der Waals surface area (Å²) < 4.78 is 10.8. The smallest absolute Gasteiger partial charge is 0.257 e. The number of fused-ring (bicyclic) bond motifs is 2. The molecule has 1 aromatic rings. The van der Waals surface area contributed by atoms with Gasteiger partial charge in [-0.1, -0.05) is 0 Å². The molecule has 2 amide bonds. The van der Waals surface area contributed by atoms with E-state index in [0.717, 1.165) is 25.9 Å². The van der Waals surface area contributed by atoms with E-state index in [1.165, 1.54) is 13.5 Å². The molecule has 2 bridgehead atoms. The predicted molar refractivity (Wildman–Crippen MR) is 93.0 cm³/mol. The molecule has 0 saturated carbocycles. The zero-order chi connectivity index (χ0) is 17.8. The first-order chi connectivity index (χ1) is 12.1. The van der Waals surface area contributed by atoms with Crippen LogP contribution in [0.2, 0.25) is 0 Å². The van der Waals surface area contributed by atoms with Crippen molar-refractivity contribution in [2.24, 2.45) is 0 Å². The molecule has 3 rings (SSSR count). The SMILES string of the molecule is CNC(=O)COc1ccc(C(=O)N2CCC3CCC(C2)N3)cc1OC. The number of likely N-dealkylation sites (tertiary alicyclic amines) is 1. The van der Waals surface area contributed by atoms with E-state index >= 15 is 0 Å². The minimum atomic E-state index is -0.227. The number of nitrogens with zero attached hydrogens (tertiary/aromatic N) is 1. The second-order valence-corrected chi connectivity index (χ2v) is 6.51. The first-order valence-corrected chi connectivity index (χ1v) is 8.67. The van der Waals surface area contributed by atoms with E-state index in [4.69, 9.17) is 9.47 Å². The molecule has 2 fully saturated rings. The molecule has 7 heteroatoms. The van der Waals surface area contributed by atoms with Gasteiger partial charge in [0, 0.05) is 37.8 Å². The zero-order valence-corrected chi connectivity index (χ0v) is 14.7. The summed E-state index contributed by atoms with van der Waals surface area (Å²) in [6, 6.07) is 6.02. The lowest BCUT2D eigenvalue weighted by atomic mass is 10.1. The van der Waals surface area contributed by atoms with E-state index in [2.05, 4.69) is 10.6 Å². The number of likely N-dealkylation sites (N-methyl/N-ethyl adjacent to an activating group) is 1. The molecular formula is C18H25N3O4. The second-order valence-electron chi connectivity index (χ2n) is 6.51. The molecule has 2 saturated heterocycles. The highest BCUT2D eigenvalue weighted by molar-refractivity contribution is 5.95. The number of nitrogens with one attached hydrogen (secondary N) is 2. The molecule has 2 aliphatic heterocycles. The van der Waals surface area contributed by atoms with Gasteiger partial charge in [-0.2, -0.15) is 0 Å². The molecule has 0 aliphatic carbocycles. The first-order valence-electron chi connectivity index (χ1n) is 8.67. The molecule has 7 nitrogen and oxygen atoms in total. The van der Waals surface area contributed by atoms with Gasteiger partial charge in [-0.05, 0) is 37.5 Å². The van der Waals surface area contributed by atoms with E-state index < -0.39 is 0 Å². The van der Waals surface area contributed by atoms with Crippen molar-refractivity contribution >= 4 is 11.8 Å². The van der Waals surface area contributed by atoms with Gasteiger partial charge in [0.25, 0.3) is 11.8 Å². The molecular weight excluding hydrogens is 322 g/mol. The molecule has 136 valence electrons. The van der Waals surface area contributed by atoms with Gasteiger partial charge in [0.2, 0.25) is 0 Å². The number of methoxy groups -OCH3 is 1. The van der Waals surface area contributed by atoms with Crippen molar-refractivity contribution in [1.29, 1.82) is 0 Å². The summed E-state index contributed by atoms with van der Waals surface area (Å²) in [6.07, 6.45) is 3.33. The van der Waals surface area contributed by atoms with Gasteiger partial charge in [0.1, 0.15) is 0 Å². The maximum atomic E-state index is 12.9. The number of ether oxygens (including phenoxy) is 2. The molecule has 2 heterocycles. The van der Waals surface area contributed by atoms with Crippen molar-refractivity contribution in [3.63, 3.8) is 0 Å². The number of benzene rings is 1. The minimum Gasteiger partial charge on any atom is -0.493 e. The first kappa shape index (κ1) is 17.5. The molecule has 2 aliphatic rings. The standard InChI is InChI=1S/C18H25N3O4/c1-19-17(22)11-25-15-6-3-12(9-16(15)24-2)18(23)21-8-7-13-4-5-14(10-21)20-13/h3,6,9,13-14,20H,4-5,7-8,10-11H2,1-2H3,(H,19,22). The molecule has 2 atom stereocenters. The maximum Gasteiger partial charge on any atom is 0.257 e. The summed E-state index contributed by atoms with van der Waals surface area (Å²) in [7, 11) is 3.07. The normalized spacial score (nSPS) is 22.2. The topological polar surface area (TPSA) is 79.9 Å². The Kier molecular flexibility index (Phi) is 5.43. The van der Waals surface area contributed by atoms with Gasteiger partial charge >= 0.3 is 0 Å². The Morgan fingerprint density at radius 3 is 2.80 bits per heavy atom. The van der Waals surface area contributed by atoms with Crippen LogP contribution in [0, 0.1) is 0 Å². The van der Waals surface area contributed by atoms with Crippen LogP contribution in [0.1, 0.15) is 29.6 Å². The van der Waals surface area contributed by atoms with Crippen molar-refractivity contribution in [3.05, 3.63) is 23.8 Å². The largest absolute Gasteiger partial charge is 0.493 e. The van der Waals surface area contributed by atoms with Crippen LogP contribution in [0.15, 0.2) is 18.2 Å². The van der Waals surface area contributed by atoms with Crippen LogP contribution in [-0.4, -0.2) is 62.7 Å². The number of amides is 2. The van der Waals surface area contributed by atoms with Gasteiger partial charge in [-0.3, -0.25) is 9.59 Å². The monoisotopic (exact) mass is 347 g/mol. The number of hydrogen-bond donors (Lipinski definition) is 2. The van der Waals surface area contributed by atoms with Crippen LogP contribution in [0.4, 0.5) is 0 Å². The summed E-state index contributed by atoms with van der Waals surface area (Å²) >= 11 is 0. The summed E-state index contributed by atoms with van der Waals surface area (Å²) in [5.41, 5.74) is 0.571. The summed E-state index contributed by atoms with van der Waals surface area (Å²) in [6.45, 7) is 1.41. The fourth-order valence-electron chi connectivity index (χ4n) is 3.45. The average molecular weight is 347 g/mol. The average Bonchev–Trinajstić information content (AvgIpc) is 2.97.